The Morgan fingerprint density at radius 1 is 1.24 bits per heavy atom. The van der Waals surface area contributed by atoms with Gasteiger partial charge in [-0.1, -0.05) is 42.5 Å². The van der Waals surface area contributed by atoms with Gasteiger partial charge in [0.15, 0.2) is 0 Å². The maximum atomic E-state index is 12.7. The number of fused-ring (bicyclic) bond motifs is 1. The van der Waals surface area contributed by atoms with E-state index in [-0.39, 0.29) is 5.91 Å². The standard InChI is InChI=1S/C18H22N2O/c1-2-20(16-10-11-19-13-16)18(21)12-15-8-5-7-14-6-3-4-9-17(14)15/h3-9,16,19H,2,10-13H2,1H3. The third kappa shape index (κ3) is 2.93. The van der Waals surface area contributed by atoms with E-state index in [1.165, 1.54) is 10.8 Å². The maximum absolute atomic E-state index is 12.7. The van der Waals surface area contributed by atoms with Crippen molar-refractivity contribution in [3.8, 4) is 0 Å². The number of carbonyl (C=O) groups excluding carboxylic acids is 1. The lowest BCUT2D eigenvalue weighted by atomic mass is 10.0. The van der Waals surface area contributed by atoms with Crippen molar-refractivity contribution in [2.24, 2.45) is 0 Å². The summed E-state index contributed by atoms with van der Waals surface area (Å²) in [5.74, 6) is 0.238. The Morgan fingerprint density at radius 3 is 2.81 bits per heavy atom. The smallest absolute Gasteiger partial charge is 0.227 e. The second-order valence-electron chi connectivity index (χ2n) is 5.64. The molecule has 0 spiro atoms. The van der Waals surface area contributed by atoms with Gasteiger partial charge in [0.25, 0.3) is 0 Å². The molecule has 1 N–H and O–H groups in total. The molecule has 3 heteroatoms. The Bertz CT molecular complexity index is 627. The largest absolute Gasteiger partial charge is 0.338 e. The summed E-state index contributed by atoms with van der Waals surface area (Å²) in [5.41, 5.74) is 1.13. The third-order valence-electron chi connectivity index (χ3n) is 4.36. The maximum Gasteiger partial charge on any atom is 0.227 e. The van der Waals surface area contributed by atoms with Crippen LogP contribution in [0.5, 0.6) is 0 Å². The van der Waals surface area contributed by atoms with Crippen molar-refractivity contribution in [1.29, 1.82) is 0 Å². The SMILES string of the molecule is CCN(C(=O)Cc1cccc2ccccc12)C1CCNC1. The van der Waals surface area contributed by atoms with E-state index in [2.05, 4.69) is 36.5 Å². The van der Waals surface area contributed by atoms with Crippen molar-refractivity contribution in [1.82, 2.24) is 10.2 Å². The summed E-state index contributed by atoms with van der Waals surface area (Å²) in [6.07, 6.45) is 1.56. The van der Waals surface area contributed by atoms with E-state index in [0.717, 1.165) is 31.6 Å². The van der Waals surface area contributed by atoms with E-state index in [1.54, 1.807) is 0 Å². The fraction of sp³-hybridized carbons (Fsp3) is 0.389. The Labute approximate surface area is 125 Å². The summed E-state index contributed by atoms with van der Waals surface area (Å²) in [7, 11) is 0. The van der Waals surface area contributed by atoms with Crippen LogP contribution in [0.4, 0.5) is 0 Å². The van der Waals surface area contributed by atoms with Crippen LogP contribution < -0.4 is 5.32 Å². The molecule has 1 aliphatic heterocycles. The molecule has 1 atom stereocenters. The lowest BCUT2D eigenvalue weighted by Crippen LogP contribution is -2.42. The fourth-order valence-electron chi connectivity index (χ4n) is 3.25. The number of rotatable bonds is 4. The Kier molecular flexibility index (Phi) is 4.20. The third-order valence-corrected chi connectivity index (χ3v) is 4.36. The first-order chi connectivity index (χ1) is 10.3. The first kappa shape index (κ1) is 14.1. The molecule has 2 aromatic rings. The molecule has 0 aliphatic carbocycles. The molecule has 0 aromatic heterocycles. The zero-order chi connectivity index (χ0) is 14.7. The number of hydrogen-bond donors (Lipinski definition) is 1. The van der Waals surface area contributed by atoms with Crippen molar-refractivity contribution < 1.29 is 4.79 Å². The van der Waals surface area contributed by atoms with Crippen molar-refractivity contribution in [2.75, 3.05) is 19.6 Å². The summed E-state index contributed by atoms with van der Waals surface area (Å²) in [5, 5.41) is 5.73. The van der Waals surface area contributed by atoms with Gasteiger partial charge in [-0.25, -0.2) is 0 Å². The molecule has 110 valence electrons. The molecule has 3 nitrogen and oxygen atoms in total. The molecule has 0 saturated carbocycles. The van der Waals surface area contributed by atoms with Crippen LogP contribution in [0.25, 0.3) is 10.8 Å². The zero-order valence-corrected chi connectivity index (χ0v) is 12.5. The monoisotopic (exact) mass is 282 g/mol. The highest BCUT2D eigenvalue weighted by Gasteiger charge is 2.25. The van der Waals surface area contributed by atoms with Crippen molar-refractivity contribution in [3.63, 3.8) is 0 Å². The van der Waals surface area contributed by atoms with Crippen LogP contribution in [-0.2, 0) is 11.2 Å². The van der Waals surface area contributed by atoms with E-state index in [1.807, 2.05) is 23.1 Å². The Morgan fingerprint density at radius 2 is 2.05 bits per heavy atom. The minimum atomic E-state index is 0.238. The topological polar surface area (TPSA) is 32.3 Å². The number of nitrogens with zero attached hydrogens (tertiary/aromatic N) is 1. The van der Waals surface area contributed by atoms with Crippen LogP contribution in [0.3, 0.4) is 0 Å². The minimum absolute atomic E-state index is 0.238. The van der Waals surface area contributed by atoms with Gasteiger partial charge in [-0.15, -0.1) is 0 Å². The molecule has 0 bridgehead atoms. The first-order valence-corrected chi connectivity index (χ1v) is 7.76. The van der Waals surface area contributed by atoms with Gasteiger partial charge in [-0.05, 0) is 36.2 Å². The quantitative estimate of drug-likeness (QED) is 0.935. The van der Waals surface area contributed by atoms with Gasteiger partial charge in [-0.2, -0.15) is 0 Å². The highest BCUT2D eigenvalue weighted by atomic mass is 16.2. The average molecular weight is 282 g/mol. The first-order valence-electron chi connectivity index (χ1n) is 7.76. The average Bonchev–Trinajstić information content (AvgIpc) is 3.02. The van der Waals surface area contributed by atoms with Crippen LogP contribution in [0, 0.1) is 0 Å². The lowest BCUT2D eigenvalue weighted by molar-refractivity contribution is -0.132. The highest BCUT2D eigenvalue weighted by molar-refractivity contribution is 5.90. The van der Waals surface area contributed by atoms with Gasteiger partial charge in [0.1, 0.15) is 0 Å². The van der Waals surface area contributed by atoms with Crippen LogP contribution >= 0.6 is 0 Å². The Balaban J connectivity index is 1.82. The summed E-state index contributed by atoms with van der Waals surface area (Å²) in [4.78, 5) is 14.7. The van der Waals surface area contributed by atoms with Gasteiger partial charge in [0.2, 0.25) is 5.91 Å². The molecule has 1 unspecified atom stereocenters. The number of nitrogens with one attached hydrogen (secondary N) is 1. The fourth-order valence-corrected chi connectivity index (χ4v) is 3.25. The second-order valence-corrected chi connectivity index (χ2v) is 5.64. The second kappa shape index (κ2) is 6.27. The zero-order valence-electron chi connectivity index (χ0n) is 12.5. The molecule has 21 heavy (non-hydrogen) atoms. The van der Waals surface area contributed by atoms with E-state index in [4.69, 9.17) is 0 Å². The molecular weight excluding hydrogens is 260 g/mol. The molecule has 2 aromatic carbocycles. The number of hydrogen-bond acceptors (Lipinski definition) is 2. The number of benzene rings is 2. The van der Waals surface area contributed by atoms with E-state index >= 15 is 0 Å². The van der Waals surface area contributed by atoms with Gasteiger partial charge < -0.3 is 10.2 Å². The van der Waals surface area contributed by atoms with E-state index < -0.39 is 0 Å². The summed E-state index contributed by atoms with van der Waals surface area (Å²) in [6, 6.07) is 14.8. The van der Waals surface area contributed by atoms with Gasteiger partial charge in [0, 0.05) is 19.1 Å². The van der Waals surface area contributed by atoms with Crippen LogP contribution in [-0.4, -0.2) is 36.5 Å². The predicted molar refractivity (Wildman–Crippen MR) is 86.3 cm³/mol. The number of likely N-dealkylation sites (N-methyl/N-ethyl adjacent to an activating group) is 1. The predicted octanol–water partition coefficient (Wildman–Crippen LogP) is 2.59. The molecule has 0 radical (unpaired) electrons. The molecule has 1 heterocycles. The minimum Gasteiger partial charge on any atom is -0.338 e. The van der Waals surface area contributed by atoms with Crippen LogP contribution in [0.2, 0.25) is 0 Å². The van der Waals surface area contributed by atoms with Crippen molar-refractivity contribution >= 4 is 16.7 Å². The lowest BCUT2D eigenvalue weighted by Gasteiger charge is -2.27. The molecule has 1 aliphatic rings. The van der Waals surface area contributed by atoms with Gasteiger partial charge in [0.05, 0.1) is 6.42 Å². The van der Waals surface area contributed by atoms with Crippen LogP contribution in [0.15, 0.2) is 42.5 Å². The number of carbonyl (C=O) groups is 1. The number of amides is 1. The van der Waals surface area contributed by atoms with E-state index in [9.17, 15) is 4.79 Å². The molecular formula is C18H22N2O. The molecule has 1 amide bonds. The Hall–Kier alpha value is -1.87. The molecule has 3 rings (SSSR count). The molecule has 1 saturated heterocycles. The van der Waals surface area contributed by atoms with Gasteiger partial charge >= 0.3 is 0 Å². The highest BCUT2D eigenvalue weighted by Crippen LogP contribution is 2.20. The van der Waals surface area contributed by atoms with Crippen molar-refractivity contribution in [2.45, 2.75) is 25.8 Å². The normalized spacial score (nSPS) is 18.0. The molecule has 1 fully saturated rings. The van der Waals surface area contributed by atoms with E-state index in [0.29, 0.717) is 12.5 Å². The summed E-state index contributed by atoms with van der Waals surface area (Å²) in [6.45, 7) is 4.80. The van der Waals surface area contributed by atoms with Crippen molar-refractivity contribution in [3.05, 3.63) is 48.0 Å². The van der Waals surface area contributed by atoms with Gasteiger partial charge in [-0.3, -0.25) is 4.79 Å². The van der Waals surface area contributed by atoms with Crippen LogP contribution in [0.1, 0.15) is 18.9 Å². The summed E-state index contributed by atoms with van der Waals surface area (Å²) >= 11 is 0. The summed E-state index contributed by atoms with van der Waals surface area (Å²) < 4.78 is 0.